The number of nitrogens with two attached hydrogens (primary N) is 1. The summed E-state index contributed by atoms with van der Waals surface area (Å²) in [6.07, 6.45) is 1.50. The van der Waals surface area contributed by atoms with Gasteiger partial charge in [0.2, 0.25) is 0 Å². The topological polar surface area (TPSA) is 26.0 Å². The standard InChI is InChI=1S/C17H19F2N/c1-12-7-17(19)6-5-15(12)9-14(11-20)8-13-3-2-4-16(18)10-13/h2-7,10,14H,8-9,11,20H2,1H3. The Morgan fingerprint density at radius 3 is 2.40 bits per heavy atom. The lowest BCUT2D eigenvalue weighted by Gasteiger charge is -2.16. The molecule has 2 aromatic carbocycles. The van der Waals surface area contributed by atoms with Crippen LogP contribution in [0.2, 0.25) is 0 Å². The maximum Gasteiger partial charge on any atom is 0.123 e. The molecule has 1 nitrogen and oxygen atoms in total. The fraction of sp³-hybridized carbons (Fsp3) is 0.294. The van der Waals surface area contributed by atoms with Gasteiger partial charge in [0.1, 0.15) is 11.6 Å². The molecule has 1 atom stereocenters. The molecule has 0 amide bonds. The smallest absolute Gasteiger partial charge is 0.123 e. The van der Waals surface area contributed by atoms with Crippen molar-refractivity contribution < 1.29 is 8.78 Å². The van der Waals surface area contributed by atoms with Crippen LogP contribution >= 0.6 is 0 Å². The summed E-state index contributed by atoms with van der Waals surface area (Å²) in [5, 5.41) is 0. The third kappa shape index (κ3) is 3.87. The lowest BCUT2D eigenvalue weighted by atomic mass is 9.91. The summed E-state index contributed by atoms with van der Waals surface area (Å²) in [6, 6.07) is 11.4. The van der Waals surface area contributed by atoms with Gasteiger partial charge in [-0.3, -0.25) is 0 Å². The normalized spacial score (nSPS) is 12.4. The van der Waals surface area contributed by atoms with E-state index in [-0.39, 0.29) is 17.6 Å². The fourth-order valence-electron chi connectivity index (χ4n) is 2.44. The molecule has 2 N–H and O–H groups in total. The van der Waals surface area contributed by atoms with Gasteiger partial charge in [0, 0.05) is 0 Å². The second-order valence-electron chi connectivity index (χ2n) is 5.21. The Bertz CT molecular complexity index is 581. The van der Waals surface area contributed by atoms with E-state index in [0.717, 1.165) is 29.5 Å². The van der Waals surface area contributed by atoms with E-state index in [4.69, 9.17) is 5.73 Å². The van der Waals surface area contributed by atoms with Crippen LogP contribution in [0, 0.1) is 24.5 Å². The van der Waals surface area contributed by atoms with Gasteiger partial charge in [0.05, 0.1) is 0 Å². The summed E-state index contributed by atoms with van der Waals surface area (Å²) in [4.78, 5) is 0. The molecule has 2 aromatic rings. The van der Waals surface area contributed by atoms with Crippen LogP contribution in [0.1, 0.15) is 16.7 Å². The number of benzene rings is 2. The van der Waals surface area contributed by atoms with E-state index in [1.165, 1.54) is 18.2 Å². The van der Waals surface area contributed by atoms with Gasteiger partial charge < -0.3 is 5.73 Å². The molecule has 3 heteroatoms. The number of halogens is 2. The van der Waals surface area contributed by atoms with Crippen molar-refractivity contribution in [2.24, 2.45) is 11.7 Å². The molecule has 0 saturated heterocycles. The van der Waals surface area contributed by atoms with Crippen molar-refractivity contribution in [1.29, 1.82) is 0 Å². The fourth-order valence-corrected chi connectivity index (χ4v) is 2.44. The third-order valence-corrected chi connectivity index (χ3v) is 3.56. The Hall–Kier alpha value is -1.74. The van der Waals surface area contributed by atoms with Crippen molar-refractivity contribution in [3.63, 3.8) is 0 Å². The molecular weight excluding hydrogens is 256 g/mol. The summed E-state index contributed by atoms with van der Waals surface area (Å²) in [5.41, 5.74) is 8.79. The van der Waals surface area contributed by atoms with Gasteiger partial charge in [-0.1, -0.05) is 18.2 Å². The summed E-state index contributed by atoms with van der Waals surface area (Å²) in [7, 11) is 0. The van der Waals surface area contributed by atoms with Crippen molar-refractivity contribution in [3.8, 4) is 0 Å². The van der Waals surface area contributed by atoms with Gasteiger partial charge in [-0.2, -0.15) is 0 Å². The van der Waals surface area contributed by atoms with E-state index >= 15 is 0 Å². The zero-order chi connectivity index (χ0) is 14.5. The first-order valence-corrected chi connectivity index (χ1v) is 6.78. The van der Waals surface area contributed by atoms with Gasteiger partial charge in [-0.15, -0.1) is 0 Å². The molecular formula is C17H19F2N. The van der Waals surface area contributed by atoms with Gasteiger partial charge in [0.25, 0.3) is 0 Å². The SMILES string of the molecule is Cc1cc(F)ccc1CC(CN)Cc1cccc(F)c1. The van der Waals surface area contributed by atoms with Crippen LogP contribution < -0.4 is 5.73 Å². The van der Waals surface area contributed by atoms with Crippen molar-refractivity contribution >= 4 is 0 Å². The average Bonchev–Trinajstić information content (AvgIpc) is 2.41. The van der Waals surface area contributed by atoms with E-state index in [2.05, 4.69) is 0 Å². The van der Waals surface area contributed by atoms with Crippen molar-refractivity contribution in [2.75, 3.05) is 6.54 Å². The zero-order valence-corrected chi connectivity index (χ0v) is 11.6. The van der Waals surface area contributed by atoms with Crippen molar-refractivity contribution in [3.05, 3.63) is 70.8 Å². The maximum absolute atomic E-state index is 13.2. The van der Waals surface area contributed by atoms with Gasteiger partial charge >= 0.3 is 0 Å². The minimum atomic E-state index is -0.226. The Morgan fingerprint density at radius 1 is 1.00 bits per heavy atom. The molecule has 0 fully saturated rings. The van der Waals surface area contributed by atoms with Crippen LogP contribution in [0.15, 0.2) is 42.5 Å². The molecule has 0 saturated carbocycles. The van der Waals surface area contributed by atoms with E-state index in [0.29, 0.717) is 6.54 Å². The highest BCUT2D eigenvalue weighted by Gasteiger charge is 2.11. The number of rotatable bonds is 5. The monoisotopic (exact) mass is 275 g/mol. The molecule has 0 heterocycles. The molecule has 106 valence electrons. The number of hydrogen-bond donors (Lipinski definition) is 1. The first-order valence-electron chi connectivity index (χ1n) is 6.78. The number of aryl methyl sites for hydroxylation is 1. The Labute approximate surface area is 118 Å². The molecule has 0 radical (unpaired) electrons. The molecule has 0 aliphatic rings. The molecule has 0 aromatic heterocycles. The largest absolute Gasteiger partial charge is 0.330 e. The van der Waals surface area contributed by atoms with Crippen molar-refractivity contribution in [1.82, 2.24) is 0 Å². The lowest BCUT2D eigenvalue weighted by Crippen LogP contribution is -2.20. The molecule has 0 aliphatic heterocycles. The molecule has 1 unspecified atom stereocenters. The minimum absolute atomic E-state index is 0.222. The van der Waals surface area contributed by atoms with E-state index in [9.17, 15) is 8.78 Å². The molecule has 2 rings (SSSR count). The minimum Gasteiger partial charge on any atom is -0.330 e. The summed E-state index contributed by atoms with van der Waals surface area (Å²) < 4.78 is 26.3. The average molecular weight is 275 g/mol. The lowest BCUT2D eigenvalue weighted by molar-refractivity contribution is 0.528. The van der Waals surface area contributed by atoms with Crippen LogP contribution in [0.5, 0.6) is 0 Å². The van der Waals surface area contributed by atoms with Crippen LogP contribution in [0.3, 0.4) is 0 Å². The molecule has 0 bridgehead atoms. The van der Waals surface area contributed by atoms with E-state index < -0.39 is 0 Å². The van der Waals surface area contributed by atoms with Crippen molar-refractivity contribution in [2.45, 2.75) is 19.8 Å². The van der Waals surface area contributed by atoms with Crippen LogP contribution in [-0.4, -0.2) is 6.54 Å². The Morgan fingerprint density at radius 2 is 1.75 bits per heavy atom. The predicted octanol–water partition coefficient (Wildman–Crippen LogP) is 3.63. The second kappa shape index (κ2) is 6.62. The maximum atomic E-state index is 13.2. The Kier molecular flexibility index (Phi) is 4.85. The zero-order valence-electron chi connectivity index (χ0n) is 11.6. The van der Waals surface area contributed by atoms with Gasteiger partial charge in [0.15, 0.2) is 0 Å². The first-order chi connectivity index (χ1) is 9.58. The van der Waals surface area contributed by atoms with E-state index in [1.807, 2.05) is 13.0 Å². The highest BCUT2D eigenvalue weighted by Crippen LogP contribution is 2.18. The van der Waals surface area contributed by atoms with Crippen LogP contribution in [0.4, 0.5) is 8.78 Å². The van der Waals surface area contributed by atoms with Gasteiger partial charge in [-0.05, 0) is 73.2 Å². The second-order valence-corrected chi connectivity index (χ2v) is 5.21. The highest BCUT2D eigenvalue weighted by molar-refractivity contribution is 5.27. The molecule has 0 aliphatic carbocycles. The Balaban J connectivity index is 2.09. The van der Waals surface area contributed by atoms with Crippen LogP contribution in [-0.2, 0) is 12.8 Å². The van der Waals surface area contributed by atoms with E-state index in [1.54, 1.807) is 18.2 Å². The van der Waals surface area contributed by atoms with Gasteiger partial charge in [-0.25, -0.2) is 8.78 Å². The molecule has 20 heavy (non-hydrogen) atoms. The predicted molar refractivity (Wildman–Crippen MR) is 77.5 cm³/mol. The number of hydrogen-bond acceptors (Lipinski definition) is 1. The first kappa shape index (κ1) is 14.7. The summed E-state index contributed by atoms with van der Waals surface area (Å²) in [5.74, 6) is -0.224. The molecule has 0 spiro atoms. The quantitative estimate of drug-likeness (QED) is 0.886. The van der Waals surface area contributed by atoms with Crippen LogP contribution in [0.25, 0.3) is 0 Å². The summed E-state index contributed by atoms with van der Waals surface area (Å²) >= 11 is 0. The third-order valence-electron chi connectivity index (χ3n) is 3.56. The summed E-state index contributed by atoms with van der Waals surface area (Å²) in [6.45, 7) is 2.42. The highest BCUT2D eigenvalue weighted by atomic mass is 19.1.